The van der Waals surface area contributed by atoms with Crippen LogP contribution in [0, 0.1) is 0 Å². The van der Waals surface area contributed by atoms with E-state index in [1.807, 2.05) is 31.1 Å². The van der Waals surface area contributed by atoms with Crippen LogP contribution < -0.4 is 15.8 Å². The first-order chi connectivity index (χ1) is 7.52. The van der Waals surface area contributed by atoms with Crippen LogP contribution in [0.4, 0.5) is 5.69 Å². The lowest BCUT2D eigenvalue weighted by Crippen LogP contribution is -2.31. The fraction of sp³-hybridized carbons (Fsp3) is 0.167. The molecule has 1 N–H and O–H groups in total. The molecule has 0 aliphatic heterocycles. The molecule has 0 saturated carbocycles. The van der Waals surface area contributed by atoms with Crippen LogP contribution in [-0.2, 0) is 0 Å². The number of nitrogens with zero attached hydrogens (tertiary/aromatic N) is 1. The fourth-order valence-corrected chi connectivity index (χ4v) is 1.57. The monoisotopic (exact) mass is 217 g/mol. The van der Waals surface area contributed by atoms with Crippen LogP contribution in [0.2, 0.25) is 0 Å². The van der Waals surface area contributed by atoms with Crippen LogP contribution in [0.3, 0.4) is 0 Å². The van der Waals surface area contributed by atoms with Gasteiger partial charge in [-0.05, 0) is 17.7 Å². The number of anilines is 1. The summed E-state index contributed by atoms with van der Waals surface area (Å²) in [5.41, 5.74) is 0.270. The van der Waals surface area contributed by atoms with Gasteiger partial charge in [0.2, 0.25) is 5.43 Å². The van der Waals surface area contributed by atoms with Gasteiger partial charge < -0.3 is 10.0 Å². The molecule has 0 fully saturated rings. The Bertz CT molecular complexity index is 589. The Labute approximate surface area is 92.1 Å². The predicted molar refractivity (Wildman–Crippen MR) is 62.8 cm³/mol. The van der Waals surface area contributed by atoms with Crippen molar-refractivity contribution in [1.82, 2.24) is 0 Å². The van der Waals surface area contributed by atoms with Crippen molar-refractivity contribution in [3.63, 3.8) is 0 Å². The SMILES string of the molecule is CN(C)c1ccc(-c2c(O)c(=O)c2=O)cc1. The average Bonchev–Trinajstić information content (AvgIpc) is 2.29. The topological polar surface area (TPSA) is 57.6 Å². The van der Waals surface area contributed by atoms with Gasteiger partial charge in [-0.1, -0.05) is 12.1 Å². The Balaban J connectivity index is 2.44. The molecule has 2 aromatic carbocycles. The van der Waals surface area contributed by atoms with Crippen LogP contribution in [-0.4, -0.2) is 19.2 Å². The van der Waals surface area contributed by atoms with Crippen molar-refractivity contribution in [3.8, 4) is 16.9 Å². The average molecular weight is 217 g/mol. The summed E-state index contributed by atoms with van der Waals surface area (Å²) in [7, 11) is 3.81. The smallest absolute Gasteiger partial charge is 0.268 e. The van der Waals surface area contributed by atoms with E-state index in [2.05, 4.69) is 0 Å². The van der Waals surface area contributed by atoms with Gasteiger partial charge in [0.1, 0.15) is 0 Å². The van der Waals surface area contributed by atoms with Gasteiger partial charge in [-0.3, -0.25) is 9.59 Å². The van der Waals surface area contributed by atoms with Gasteiger partial charge in [-0.15, -0.1) is 0 Å². The molecule has 0 spiro atoms. The highest BCUT2D eigenvalue weighted by atomic mass is 16.3. The molecular weight excluding hydrogens is 206 g/mol. The van der Waals surface area contributed by atoms with E-state index >= 15 is 0 Å². The molecule has 16 heavy (non-hydrogen) atoms. The number of rotatable bonds is 2. The summed E-state index contributed by atoms with van der Waals surface area (Å²) >= 11 is 0. The van der Waals surface area contributed by atoms with Gasteiger partial charge in [-0.2, -0.15) is 0 Å². The van der Waals surface area contributed by atoms with E-state index < -0.39 is 16.6 Å². The largest absolute Gasteiger partial charge is 0.503 e. The lowest BCUT2D eigenvalue weighted by molar-refractivity contribution is 0.465. The fourth-order valence-electron chi connectivity index (χ4n) is 1.57. The Morgan fingerprint density at radius 1 is 1.00 bits per heavy atom. The van der Waals surface area contributed by atoms with Crippen LogP contribution >= 0.6 is 0 Å². The summed E-state index contributed by atoms with van der Waals surface area (Å²) in [5, 5.41) is 9.28. The summed E-state index contributed by atoms with van der Waals surface area (Å²) in [4.78, 5) is 24.0. The number of hydrogen-bond acceptors (Lipinski definition) is 4. The number of aromatic hydroxyl groups is 1. The lowest BCUT2D eigenvalue weighted by atomic mass is 10.00. The number of benzene rings is 1. The number of hydrogen-bond donors (Lipinski definition) is 1. The molecule has 0 aliphatic carbocycles. The van der Waals surface area contributed by atoms with Crippen LogP contribution in [0.5, 0.6) is 5.75 Å². The van der Waals surface area contributed by atoms with Gasteiger partial charge in [0, 0.05) is 19.8 Å². The highest BCUT2D eigenvalue weighted by Gasteiger charge is 2.21. The molecule has 0 atom stereocenters. The van der Waals surface area contributed by atoms with E-state index in [1.165, 1.54) is 0 Å². The maximum Gasteiger partial charge on any atom is 0.268 e. The van der Waals surface area contributed by atoms with Crippen molar-refractivity contribution in [2.45, 2.75) is 0 Å². The lowest BCUT2D eigenvalue weighted by Gasteiger charge is -2.13. The molecule has 0 heterocycles. The standard InChI is InChI=1S/C12H11NO3/c1-13(2)8-5-3-7(4-6-8)9-10(14)12(16)11(9)15/h3-6,14H,1-2H3. The molecule has 82 valence electrons. The molecule has 4 heteroatoms. The van der Waals surface area contributed by atoms with E-state index in [0.29, 0.717) is 5.56 Å². The van der Waals surface area contributed by atoms with E-state index in [4.69, 9.17) is 0 Å². The molecular formula is C12H11NO3. The minimum Gasteiger partial charge on any atom is -0.503 e. The third-order valence-electron chi connectivity index (χ3n) is 2.56. The van der Waals surface area contributed by atoms with Crippen molar-refractivity contribution in [2.24, 2.45) is 0 Å². The van der Waals surface area contributed by atoms with E-state index in [-0.39, 0.29) is 5.56 Å². The summed E-state index contributed by atoms with van der Waals surface area (Å²) in [6, 6.07) is 7.08. The first-order valence-electron chi connectivity index (χ1n) is 4.82. The normalized spacial score (nSPS) is 10.6. The molecule has 0 aromatic heterocycles. The Hall–Kier alpha value is -2.10. The van der Waals surface area contributed by atoms with Crippen LogP contribution in [0.25, 0.3) is 11.1 Å². The van der Waals surface area contributed by atoms with Crippen molar-refractivity contribution >= 4 is 5.69 Å². The minimum absolute atomic E-state index is 0.121. The molecule has 2 rings (SSSR count). The second-order valence-corrected chi connectivity index (χ2v) is 3.82. The van der Waals surface area contributed by atoms with Crippen molar-refractivity contribution in [3.05, 3.63) is 44.7 Å². The van der Waals surface area contributed by atoms with E-state index in [9.17, 15) is 14.7 Å². The molecule has 0 amide bonds. The second kappa shape index (κ2) is 3.48. The summed E-state index contributed by atoms with van der Waals surface area (Å²) < 4.78 is 0. The Morgan fingerprint density at radius 3 is 2.00 bits per heavy atom. The Kier molecular flexibility index (Phi) is 2.27. The summed E-state index contributed by atoms with van der Waals surface area (Å²) in [6.45, 7) is 0. The van der Waals surface area contributed by atoms with Crippen molar-refractivity contribution in [1.29, 1.82) is 0 Å². The van der Waals surface area contributed by atoms with Gasteiger partial charge in [-0.25, -0.2) is 0 Å². The molecule has 0 bridgehead atoms. The molecule has 0 aliphatic rings. The maximum atomic E-state index is 11.2. The van der Waals surface area contributed by atoms with Crippen LogP contribution in [0.1, 0.15) is 0 Å². The summed E-state index contributed by atoms with van der Waals surface area (Å²) in [6.07, 6.45) is 0. The second-order valence-electron chi connectivity index (χ2n) is 3.82. The zero-order valence-corrected chi connectivity index (χ0v) is 9.02. The van der Waals surface area contributed by atoms with E-state index in [0.717, 1.165) is 5.69 Å². The predicted octanol–water partition coefficient (Wildman–Crippen LogP) is 0.721. The third kappa shape index (κ3) is 1.39. The van der Waals surface area contributed by atoms with Gasteiger partial charge in [0.25, 0.3) is 5.43 Å². The molecule has 0 radical (unpaired) electrons. The highest BCUT2D eigenvalue weighted by Crippen LogP contribution is 2.25. The van der Waals surface area contributed by atoms with Crippen LogP contribution in [0.15, 0.2) is 33.9 Å². The Morgan fingerprint density at radius 2 is 1.56 bits per heavy atom. The maximum absolute atomic E-state index is 11.2. The first-order valence-corrected chi connectivity index (χ1v) is 4.82. The van der Waals surface area contributed by atoms with Gasteiger partial charge >= 0.3 is 0 Å². The minimum atomic E-state index is -0.799. The van der Waals surface area contributed by atoms with Crippen molar-refractivity contribution < 1.29 is 5.11 Å². The molecule has 0 unspecified atom stereocenters. The quantitative estimate of drug-likeness (QED) is 0.753. The third-order valence-corrected chi connectivity index (χ3v) is 2.56. The molecule has 0 saturated heterocycles. The zero-order valence-electron chi connectivity index (χ0n) is 9.02. The van der Waals surface area contributed by atoms with Gasteiger partial charge in [0.05, 0.1) is 5.56 Å². The molecule has 4 nitrogen and oxygen atoms in total. The highest BCUT2D eigenvalue weighted by molar-refractivity contribution is 5.74. The summed E-state index contributed by atoms with van der Waals surface area (Å²) in [5.74, 6) is -0.428. The molecule has 2 aromatic rings. The van der Waals surface area contributed by atoms with Crippen molar-refractivity contribution in [2.75, 3.05) is 19.0 Å². The van der Waals surface area contributed by atoms with E-state index in [1.54, 1.807) is 12.1 Å². The van der Waals surface area contributed by atoms with Gasteiger partial charge in [0.15, 0.2) is 5.75 Å². The first kappa shape index (κ1) is 10.4. The zero-order chi connectivity index (χ0) is 11.9.